The van der Waals surface area contributed by atoms with Gasteiger partial charge in [-0.25, -0.2) is 15.0 Å². The van der Waals surface area contributed by atoms with E-state index in [1.807, 2.05) is 20.8 Å². The van der Waals surface area contributed by atoms with Gasteiger partial charge in [0.25, 0.3) is 0 Å². The van der Waals surface area contributed by atoms with Crippen molar-refractivity contribution in [1.29, 1.82) is 5.41 Å². The maximum absolute atomic E-state index is 7.22. The van der Waals surface area contributed by atoms with Crippen molar-refractivity contribution in [2.45, 2.75) is 20.8 Å². The molecule has 3 N–H and O–H groups in total. The van der Waals surface area contributed by atoms with Crippen molar-refractivity contribution in [3.8, 4) is 11.1 Å². The van der Waals surface area contributed by atoms with Crippen LogP contribution in [-0.4, -0.2) is 21.2 Å². The number of nitrogens with one attached hydrogen (secondary N) is 1. The molecule has 0 saturated carbocycles. The van der Waals surface area contributed by atoms with Gasteiger partial charge in [0.15, 0.2) is 0 Å². The molecule has 2 heterocycles. The molecule has 0 aromatic carbocycles. The molecule has 0 bridgehead atoms. The van der Waals surface area contributed by atoms with E-state index in [1.165, 1.54) is 12.5 Å². The maximum Gasteiger partial charge on any atom is 0.132 e. The molecule has 0 atom stereocenters. The molecule has 5 nitrogen and oxygen atoms in total. The van der Waals surface area contributed by atoms with E-state index in [4.69, 9.17) is 11.1 Å². The van der Waals surface area contributed by atoms with Crippen LogP contribution in [0.5, 0.6) is 0 Å². The molecular weight excluding hydrogens is 226 g/mol. The summed E-state index contributed by atoms with van der Waals surface area (Å²) in [4.78, 5) is 12.1. The fourth-order valence-electron chi connectivity index (χ4n) is 1.43. The summed E-state index contributed by atoms with van der Waals surface area (Å²) < 4.78 is 0. The van der Waals surface area contributed by atoms with Crippen molar-refractivity contribution in [1.82, 2.24) is 15.0 Å². The summed E-state index contributed by atoms with van der Waals surface area (Å²) in [6.45, 7) is 5.90. The highest BCUT2D eigenvalue weighted by Gasteiger charge is 2.05. The quantitative estimate of drug-likeness (QED) is 0.793. The number of rotatable bonds is 2. The Balaban J connectivity index is 0.000000771. The highest BCUT2D eigenvalue weighted by molar-refractivity contribution is 5.86. The number of anilines is 1. The van der Waals surface area contributed by atoms with Crippen molar-refractivity contribution in [2.24, 2.45) is 0 Å². The van der Waals surface area contributed by atoms with E-state index in [0.717, 1.165) is 16.8 Å². The minimum Gasteiger partial charge on any atom is -0.383 e. The largest absolute Gasteiger partial charge is 0.383 e. The first-order chi connectivity index (χ1) is 8.72. The molecule has 2 aromatic heterocycles. The second kappa shape index (κ2) is 6.44. The van der Waals surface area contributed by atoms with Gasteiger partial charge >= 0.3 is 0 Å². The first kappa shape index (κ1) is 13.8. The van der Waals surface area contributed by atoms with E-state index in [-0.39, 0.29) is 0 Å². The van der Waals surface area contributed by atoms with Crippen molar-refractivity contribution in [2.75, 3.05) is 5.73 Å². The van der Waals surface area contributed by atoms with Crippen LogP contribution < -0.4 is 5.73 Å². The van der Waals surface area contributed by atoms with Crippen LogP contribution in [0.3, 0.4) is 0 Å². The highest BCUT2D eigenvalue weighted by atomic mass is 14.8. The van der Waals surface area contributed by atoms with E-state index in [0.29, 0.717) is 11.4 Å². The molecule has 0 aliphatic rings. The maximum atomic E-state index is 7.22. The molecule has 0 aliphatic carbocycles. The monoisotopic (exact) mass is 243 g/mol. The van der Waals surface area contributed by atoms with Gasteiger partial charge in [0.1, 0.15) is 12.1 Å². The summed E-state index contributed by atoms with van der Waals surface area (Å²) in [5.74, 6) is 0.355. The van der Waals surface area contributed by atoms with E-state index in [9.17, 15) is 0 Å². The molecule has 0 amide bonds. The van der Waals surface area contributed by atoms with Gasteiger partial charge in [0, 0.05) is 41.0 Å². The summed E-state index contributed by atoms with van der Waals surface area (Å²) >= 11 is 0. The van der Waals surface area contributed by atoms with Gasteiger partial charge in [-0.1, -0.05) is 13.8 Å². The van der Waals surface area contributed by atoms with Crippen LogP contribution in [0.1, 0.15) is 25.1 Å². The summed E-state index contributed by atoms with van der Waals surface area (Å²) in [7, 11) is 0. The van der Waals surface area contributed by atoms with Crippen molar-refractivity contribution in [3.05, 3.63) is 36.0 Å². The Hall–Kier alpha value is -2.30. The number of nitrogen functional groups attached to an aromatic ring is 1. The lowest BCUT2D eigenvalue weighted by Crippen LogP contribution is -1.98. The normalized spacial score (nSPS) is 9.28. The Morgan fingerprint density at radius 2 is 1.94 bits per heavy atom. The average Bonchev–Trinajstić information content (AvgIpc) is 2.42. The average molecular weight is 243 g/mol. The van der Waals surface area contributed by atoms with Gasteiger partial charge in [-0.05, 0) is 13.0 Å². The van der Waals surface area contributed by atoms with E-state index >= 15 is 0 Å². The molecule has 0 unspecified atom stereocenters. The molecule has 5 heteroatoms. The van der Waals surface area contributed by atoms with Gasteiger partial charge in [0.2, 0.25) is 0 Å². The first-order valence-electron chi connectivity index (χ1n) is 5.75. The van der Waals surface area contributed by atoms with Crippen LogP contribution in [0.4, 0.5) is 5.82 Å². The Labute approximate surface area is 107 Å². The standard InChI is InChI=1S/C11H11N5.C2H6/c1-7-10(5-14-6-16-7)9-2-8(3-12)11(13)15-4-9;1-2/h2-6,12H,1H3,(H2,13,15);1-2H3. The molecular formula is C13H17N5. The zero-order valence-corrected chi connectivity index (χ0v) is 10.8. The number of hydrogen-bond donors (Lipinski definition) is 2. The van der Waals surface area contributed by atoms with Crippen LogP contribution >= 0.6 is 0 Å². The number of aryl methyl sites for hydroxylation is 1. The molecule has 0 saturated heterocycles. The van der Waals surface area contributed by atoms with Crippen LogP contribution in [-0.2, 0) is 0 Å². The molecule has 2 rings (SSSR count). The third-order valence-electron chi connectivity index (χ3n) is 2.33. The van der Waals surface area contributed by atoms with Crippen LogP contribution in [0.15, 0.2) is 24.8 Å². The molecule has 94 valence electrons. The smallest absolute Gasteiger partial charge is 0.132 e. The Kier molecular flexibility index (Phi) is 4.92. The summed E-state index contributed by atoms with van der Waals surface area (Å²) in [6.07, 6.45) is 6.07. The number of aromatic nitrogens is 3. The molecule has 18 heavy (non-hydrogen) atoms. The van der Waals surface area contributed by atoms with E-state index in [2.05, 4.69) is 15.0 Å². The summed E-state index contributed by atoms with van der Waals surface area (Å²) in [5.41, 5.74) is 8.86. The third kappa shape index (κ3) is 2.88. The van der Waals surface area contributed by atoms with Crippen molar-refractivity contribution in [3.63, 3.8) is 0 Å². The molecule has 0 aliphatic heterocycles. The predicted molar refractivity (Wildman–Crippen MR) is 73.6 cm³/mol. The topological polar surface area (TPSA) is 88.5 Å². The predicted octanol–water partition coefficient (Wildman–Crippen LogP) is 2.45. The zero-order valence-electron chi connectivity index (χ0n) is 10.8. The van der Waals surface area contributed by atoms with Gasteiger partial charge in [-0.2, -0.15) is 0 Å². The fourth-order valence-corrected chi connectivity index (χ4v) is 1.43. The second-order valence-corrected chi connectivity index (χ2v) is 3.36. The molecule has 0 spiro atoms. The van der Waals surface area contributed by atoms with Crippen LogP contribution in [0.2, 0.25) is 0 Å². The van der Waals surface area contributed by atoms with Gasteiger partial charge in [-0.3, -0.25) is 0 Å². The highest BCUT2D eigenvalue weighted by Crippen LogP contribution is 2.22. The molecule has 0 radical (unpaired) electrons. The van der Waals surface area contributed by atoms with Gasteiger partial charge < -0.3 is 11.1 Å². The van der Waals surface area contributed by atoms with Crippen LogP contribution in [0.25, 0.3) is 11.1 Å². The van der Waals surface area contributed by atoms with Crippen LogP contribution in [0, 0.1) is 12.3 Å². The fraction of sp³-hybridized carbons (Fsp3) is 0.231. The second-order valence-electron chi connectivity index (χ2n) is 3.36. The number of nitrogens with two attached hydrogens (primary N) is 1. The van der Waals surface area contributed by atoms with Gasteiger partial charge in [-0.15, -0.1) is 0 Å². The molecule has 2 aromatic rings. The minimum atomic E-state index is 0.355. The summed E-state index contributed by atoms with van der Waals surface area (Å²) in [5, 5.41) is 7.22. The van der Waals surface area contributed by atoms with Crippen molar-refractivity contribution >= 4 is 12.0 Å². The van der Waals surface area contributed by atoms with E-state index < -0.39 is 0 Å². The summed E-state index contributed by atoms with van der Waals surface area (Å²) in [6, 6.07) is 1.81. The zero-order chi connectivity index (χ0) is 13.5. The Bertz CT molecular complexity index is 537. The number of pyridine rings is 1. The Morgan fingerprint density at radius 1 is 1.22 bits per heavy atom. The first-order valence-corrected chi connectivity index (χ1v) is 5.75. The minimum absolute atomic E-state index is 0.355. The Morgan fingerprint density at radius 3 is 2.56 bits per heavy atom. The molecule has 0 fully saturated rings. The lowest BCUT2D eigenvalue weighted by molar-refractivity contribution is 1.10. The number of hydrogen-bond acceptors (Lipinski definition) is 5. The lowest BCUT2D eigenvalue weighted by Gasteiger charge is -2.05. The lowest BCUT2D eigenvalue weighted by atomic mass is 10.1. The van der Waals surface area contributed by atoms with Crippen molar-refractivity contribution < 1.29 is 0 Å². The van der Waals surface area contributed by atoms with Gasteiger partial charge in [0.05, 0.1) is 0 Å². The van der Waals surface area contributed by atoms with E-state index in [1.54, 1.807) is 18.5 Å². The SMILES string of the molecule is CC.Cc1ncncc1-c1cnc(N)c(C=N)c1. The third-order valence-corrected chi connectivity index (χ3v) is 2.33. The number of nitrogens with zero attached hydrogens (tertiary/aromatic N) is 3.